The third-order valence-electron chi connectivity index (χ3n) is 3.96. The summed E-state index contributed by atoms with van der Waals surface area (Å²) in [5, 5.41) is 6.56. The molecule has 152 valence electrons. The van der Waals surface area contributed by atoms with Gasteiger partial charge in [0.05, 0.1) is 0 Å². The zero-order chi connectivity index (χ0) is 21.7. The Kier molecular flexibility index (Phi) is 7.05. The number of hydrogen-bond acceptors (Lipinski definition) is 4. The second-order valence-corrected chi connectivity index (χ2v) is 7.55. The number of carbonyl (C=O) groups is 2. The molecular weight excluding hydrogens is 443 g/mol. The number of furan rings is 1. The molecule has 1 amide bonds. The van der Waals surface area contributed by atoms with Gasteiger partial charge < -0.3 is 9.73 Å². The Morgan fingerprint density at radius 2 is 1.67 bits per heavy atom. The van der Waals surface area contributed by atoms with E-state index in [1.165, 1.54) is 19.1 Å². The number of nitrogens with one attached hydrogen (secondary N) is 2. The SMILES string of the molecule is CC(=O)c1ccc(NC(=S)NC(=O)/C=C/c2ccc(-c3cc(Cl)cc(Cl)c3)o2)cc1. The molecule has 0 saturated heterocycles. The van der Waals surface area contributed by atoms with Crippen LogP contribution in [0.5, 0.6) is 0 Å². The minimum atomic E-state index is -0.420. The van der Waals surface area contributed by atoms with Crippen molar-refractivity contribution in [2.45, 2.75) is 6.92 Å². The molecule has 0 spiro atoms. The molecule has 1 heterocycles. The van der Waals surface area contributed by atoms with Gasteiger partial charge in [0, 0.05) is 32.9 Å². The lowest BCUT2D eigenvalue weighted by Crippen LogP contribution is -2.32. The molecule has 8 heteroatoms. The van der Waals surface area contributed by atoms with E-state index in [4.69, 9.17) is 39.8 Å². The van der Waals surface area contributed by atoms with Crippen molar-refractivity contribution < 1.29 is 14.0 Å². The molecule has 5 nitrogen and oxygen atoms in total. The lowest BCUT2D eigenvalue weighted by atomic mass is 10.1. The van der Waals surface area contributed by atoms with Crippen molar-refractivity contribution in [2.75, 3.05) is 5.32 Å². The van der Waals surface area contributed by atoms with Gasteiger partial charge in [-0.15, -0.1) is 0 Å². The molecule has 0 aliphatic rings. The first kappa shape index (κ1) is 21.8. The van der Waals surface area contributed by atoms with Gasteiger partial charge in [-0.3, -0.25) is 14.9 Å². The molecule has 3 rings (SSSR count). The molecule has 30 heavy (non-hydrogen) atoms. The molecule has 0 radical (unpaired) electrons. The molecule has 0 saturated carbocycles. The summed E-state index contributed by atoms with van der Waals surface area (Å²) in [7, 11) is 0. The van der Waals surface area contributed by atoms with E-state index in [1.54, 1.807) is 54.6 Å². The van der Waals surface area contributed by atoms with Crippen LogP contribution in [0.2, 0.25) is 10.0 Å². The Morgan fingerprint density at radius 1 is 1.00 bits per heavy atom. The molecule has 0 bridgehead atoms. The molecule has 0 fully saturated rings. The number of thiocarbonyl (C=S) groups is 1. The van der Waals surface area contributed by atoms with Crippen molar-refractivity contribution in [1.82, 2.24) is 5.32 Å². The fourth-order valence-electron chi connectivity index (χ4n) is 2.56. The number of anilines is 1. The van der Waals surface area contributed by atoms with Crippen LogP contribution in [0.4, 0.5) is 5.69 Å². The van der Waals surface area contributed by atoms with E-state index in [-0.39, 0.29) is 10.9 Å². The summed E-state index contributed by atoms with van der Waals surface area (Å²) >= 11 is 17.2. The number of benzene rings is 2. The third kappa shape index (κ3) is 6.03. The summed E-state index contributed by atoms with van der Waals surface area (Å²) in [5.74, 6) is 0.610. The van der Waals surface area contributed by atoms with Crippen molar-refractivity contribution in [3.8, 4) is 11.3 Å². The van der Waals surface area contributed by atoms with Gasteiger partial charge >= 0.3 is 0 Å². The quantitative estimate of drug-likeness (QED) is 0.279. The molecule has 0 atom stereocenters. The fraction of sp³-hybridized carbons (Fsp3) is 0.0455. The van der Waals surface area contributed by atoms with Crippen LogP contribution in [0.3, 0.4) is 0 Å². The van der Waals surface area contributed by atoms with Gasteiger partial charge in [0.1, 0.15) is 11.5 Å². The first-order valence-corrected chi connectivity index (χ1v) is 9.94. The summed E-state index contributed by atoms with van der Waals surface area (Å²) in [6, 6.07) is 15.4. The van der Waals surface area contributed by atoms with Gasteiger partial charge in [0.2, 0.25) is 5.91 Å². The van der Waals surface area contributed by atoms with Gasteiger partial charge in [-0.2, -0.15) is 0 Å². The van der Waals surface area contributed by atoms with Gasteiger partial charge in [-0.05, 0) is 79.8 Å². The Bertz CT molecular complexity index is 1120. The number of Topliss-reactive ketones (excluding diaryl/α,β-unsaturated/α-hetero) is 1. The van der Waals surface area contributed by atoms with E-state index >= 15 is 0 Å². The van der Waals surface area contributed by atoms with Gasteiger partial charge in [-0.1, -0.05) is 23.2 Å². The van der Waals surface area contributed by atoms with Gasteiger partial charge in [0.25, 0.3) is 0 Å². The smallest absolute Gasteiger partial charge is 0.250 e. The zero-order valence-corrected chi connectivity index (χ0v) is 18.1. The summed E-state index contributed by atoms with van der Waals surface area (Å²) in [4.78, 5) is 23.4. The lowest BCUT2D eigenvalue weighted by Gasteiger charge is -2.08. The molecule has 0 aliphatic heterocycles. The summed E-state index contributed by atoms with van der Waals surface area (Å²) in [6.07, 6.45) is 2.83. The van der Waals surface area contributed by atoms with Crippen LogP contribution >= 0.6 is 35.4 Å². The number of ketones is 1. The van der Waals surface area contributed by atoms with Crippen LogP contribution < -0.4 is 10.6 Å². The predicted octanol–water partition coefficient (Wildman–Crippen LogP) is 5.98. The normalized spacial score (nSPS) is 10.8. The van der Waals surface area contributed by atoms with E-state index in [1.807, 2.05) is 0 Å². The van der Waals surface area contributed by atoms with Crippen LogP contribution in [-0.4, -0.2) is 16.8 Å². The van der Waals surface area contributed by atoms with E-state index in [0.29, 0.717) is 32.8 Å². The van der Waals surface area contributed by atoms with Crippen LogP contribution in [0.1, 0.15) is 23.0 Å². The second kappa shape index (κ2) is 9.71. The highest BCUT2D eigenvalue weighted by molar-refractivity contribution is 7.80. The maximum absolute atomic E-state index is 12.1. The highest BCUT2D eigenvalue weighted by atomic mass is 35.5. The number of carbonyl (C=O) groups excluding carboxylic acids is 2. The van der Waals surface area contributed by atoms with Crippen molar-refractivity contribution in [3.05, 3.63) is 82.0 Å². The third-order valence-corrected chi connectivity index (χ3v) is 4.60. The van der Waals surface area contributed by atoms with Crippen LogP contribution in [-0.2, 0) is 4.79 Å². The van der Waals surface area contributed by atoms with Crippen LogP contribution in [0.25, 0.3) is 17.4 Å². The van der Waals surface area contributed by atoms with Crippen molar-refractivity contribution in [2.24, 2.45) is 0 Å². The van der Waals surface area contributed by atoms with E-state index in [2.05, 4.69) is 10.6 Å². The average Bonchev–Trinajstić information content (AvgIpc) is 3.15. The summed E-state index contributed by atoms with van der Waals surface area (Å²) < 4.78 is 5.70. The van der Waals surface area contributed by atoms with Crippen molar-refractivity contribution in [3.63, 3.8) is 0 Å². The summed E-state index contributed by atoms with van der Waals surface area (Å²) in [5.41, 5.74) is 1.99. The molecule has 2 N–H and O–H groups in total. The maximum Gasteiger partial charge on any atom is 0.250 e. The van der Waals surface area contributed by atoms with Gasteiger partial charge in [0.15, 0.2) is 10.9 Å². The van der Waals surface area contributed by atoms with Crippen molar-refractivity contribution >= 4 is 64.0 Å². The topological polar surface area (TPSA) is 71.3 Å². The Hall–Kier alpha value is -2.93. The average molecular weight is 459 g/mol. The number of amides is 1. The number of rotatable bonds is 5. The molecule has 0 aliphatic carbocycles. The molecule has 0 unspecified atom stereocenters. The standard InChI is InChI=1S/C22H16Cl2N2O3S/c1-13(27)14-2-4-18(5-3-14)25-22(30)26-21(28)9-7-19-6-8-20(29-19)15-10-16(23)12-17(24)11-15/h2-12H,1H3,(H2,25,26,28,30)/b9-7+. The lowest BCUT2D eigenvalue weighted by molar-refractivity contribution is -0.115. The molecular formula is C22H16Cl2N2O3S. The predicted molar refractivity (Wildman–Crippen MR) is 124 cm³/mol. The largest absolute Gasteiger partial charge is 0.457 e. The van der Waals surface area contributed by atoms with Crippen LogP contribution in [0, 0.1) is 0 Å². The molecule has 1 aromatic heterocycles. The monoisotopic (exact) mass is 458 g/mol. The minimum absolute atomic E-state index is 0.0258. The summed E-state index contributed by atoms with van der Waals surface area (Å²) in [6.45, 7) is 1.49. The second-order valence-electron chi connectivity index (χ2n) is 6.27. The van der Waals surface area contributed by atoms with Crippen LogP contribution in [0.15, 0.2) is 65.1 Å². The van der Waals surface area contributed by atoms with Crippen molar-refractivity contribution in [1.29, 1.82) is 0 Å². The molecule has 3 aromatic rings. The highest BCUT2D eigenvalue weighted by Gasteiger charge is 2.07. The Morgan fingerprint density at radius 3 is 2.30 bits per heavy atom. The van der Waals surface area contributed by atoms with E-state index < -0.39 is 5.91 Å². The number of halogens is 2. The Labute approximate surface area is 188 Å². The zero-order valence-electron chi connectivity index (χ0n) is 15.7. The molecule has 2 aromatic carbocycles. The fourth-order valence-corrected chi connectivity index (χ4v) is 3.30. The minimum Gasteiger partial charge on any atom is -0.457 e. The maximum atomic E-state index is 12.1. The highest BCUT2D eigenvalue weighted by Crippen LogP contribution is 2.28. The van der Waals surface area contributed by atoms with E-state index in [0.717, 1.165) is 5.56 Å². The number of hydrogen-bond donors (Lipinski definition) is 2. The van der Waals surface area contributed by atoms with Gasteiger partial charge in [-0.25, -0.2) is 0 Å². The van der Waals surface area contributed by atoms with E-state index in [9.17, 15) is 9.59 Å². The Balaban J connectivity index is 1.57. The first-order valence-electron chi connectivity index (χ1n) is 8.77. The first-order chi connectivity index (χ1) is 14.3.